The molecule has 114 valence electrons. The molecule has 0 aromatic rings. The van der Waals surface area contributed by atoms with Gasteiger partial charge in [-0.2, -0.15) is 0 Å². The number of carbonyl (C=O) groups is 2. The molecule has 0 aromatic heterocycles. The summed E-state index contributed by atoms with van der Waals surface area (Å²) in [5.41, 5.74) is 0. The predicted molar refractivity (Wildman–Crippen MR) is 76.4 cm³/mol. The number of rotatable bonds is 4. The molecule has 1 heterocycles. The van der Waals surface area contributed by atoms with Crippen LogP contribution in [0, 0.1) is 5.92 Å². The first-order valence-corrected chi connectivity index (χ1v) is 7.73. The van der Waals surface area contributed by atoms with Gasteiger partial charge in [-0.05, 0) is 31.7 Å². The summed E-state index contributed by atoms with van der Waals surface area (Å²) < 4.78 is 0. The van der Waals surface area contributed by atoms with Crippen LogP contribution < -0.4 is 0 Å². The molecular formula is C15H26N2O3. The van der Waals surface area contributed by atoms with Gasteiger partial charge < -0.3 is 10.0 Å². The molecule has 0 radical (unpaired) electrons. The Morgan fingerprint density at radius 2 is 1.85 bits per heavy atom. The Morgan fingerprint density at radius 3 is 2.45 bits per heavy atom. The predicted octanol–water partition coefficient (Wildman–Crippen LogP) is 1.57. The number of nitrogens with zero attached hydrogens (tertiary/aromatic N) is 2. The maximum absolute atomic E-state index is 12.4. The van der Waals surface area contributed by atoms with Gasteiger partial charge in [0.05, 0.1) is 6.54 Å². The van der Waals surface area contributed by atoms with E-state index in [1.54, 1.807) is 0 Å². The fourth-order valence-electron chi connectivity index (χ4n) is 3.56. The van der Waals surface area contributed by atoms with Crippen LogP contribution >= 0.6 is 0 Å². The molecule has 1 aliphatic carbocycles. The molecule has 20 heavy (non-hydrogen) atoms. The zero-order chi connectivity index (χ0) is 14.7. The lowest BCUT2D eigenvalue weighted by molar-refractivity contribution is -0.144. The van der Waals surface area contributed by atoms with E-state index < -0.39 is 12.0 Å². The Morgan fingerprint density at radius 1 is 1.20 bits per heavy atom. The van der Waals surface area contributed by atoms with E-state index in [1.807, 2.05) is 23.8 Å². The number of likely N-dealkylation sites (N-methyl/N-ethyl adjacent to an activating group) is 1. The molecule has 2 aliphatic rings. The van der Waals surface area contributed by atoms with E-state index in [-0.39, 0.29) is 18.4 Å². The first-order chi connectivity index (χ1) is 9.50. The van der Waals surface area contributed by atoms with Crippen molar-refractivity contribution in [1.29, 1.82) is 0 Å². The molecule has 2 unspecified atom stereocenters. The van der Waals surface area contributed by atoms with E-state index >= 15 is 0 Å². The summed E-state index contributed by atoms with van der Waals surface area (Å²) >= 11 is 0. The molecule has 2 atom stereocenters. The number of likely N-dealkylation sites (tertiary alicyclic amines) is 1. The molecule has 2 fully saturated rings. The summed E-state index contributed by atoms with van der Waals surface area (Å²) in [6.45, 7) is 2.91. The lowest BCUT2D eigenvalue weighted by Crippen LogP contribution is -2.47. The van der Waals surface area contributed by atoms with E-state index in [1.165, 1.54) is 19.3 Å². The topological polar surface area (TPSA) is 60.9 Å². The van der Waals surface area contributed by atoms with Crippen molar-refractivity contribution in [2.24, 2.45) is 5.92 Å². The summed E-state index contributed by atoms with van der Waals surface area (Å²) in [6.07, 6.45) is 6.68. The number of carboxylic acid groups (broad SMARTS) is 1. The van der Waals surface area contributed by atoms with Crippen molar-refractivity contribution in [2.45, 2.75) is 57.5 Å². The van der Waals surface area contributed by atoms with Crippen molar-refractivity contribution < 1.29 is 14.7 Å². The normalized spacial score (nSPS) is 28.5. The highest BCUT2D eigenvalue weighted by Gasteiger charge is 2.38. The zero-order valence-corrected chi connectivity index (χ0v) is 12.5. The molecule has 1 amide bonds. The van der Waals surface area contributed by atoms with Crippen molar-refractivity contribution >= 4 is 11.9 Å². The molecule has 0 aromatic carbocycles. The van der Waals surface area contributed by atoms with Crippen LogP contribution in [0.4, 0.5) is 0 Å². The third-order valence-corrected chi connectivity index (χ3v) is 4.91. The minimum atomic E-state index is -0.803. The first kappa shape index (κ1) is 15.3. The minimum absolute atomic E-state index is 0.0669. The highest BCUT2D eigenvalue weighted by Crippen LogP contribution is 2.25. The summed E-state index contributed by atoms with van der Waals surface area (Å²) in [5.74, 6) is -0.611. The van der Waals surface area contributed by atoms with Crippen LogP contribution in [-0.2, 0) is 9.59 Å². The molecule has 1 saturated heterocycles. The van der Waals surface area contributed by atoms with Gasteiger partial charge in [-0.1, -0.05) is 26.2 Å². The van der Waals surface area contributed by atoms with Crippen molar-refractivity contribution in [3.8, 4) is 0 Å². The van der Waals surface area contributed by atoms with Gasteiger partial charge in [0.2, 0.25) is 5.91 Å². The Hall–Kier alpha value is -1.10. The number of carboxylic acids is 1. The molecule has 2 rings (SSSR count). The summed E-state index contributed by atoms with van der Waals surface area (Å²) in [7, 11) is 1.87. The average molecular weight is 282 g/mol. The van der Waals surface area contributed by atoms with Crippen molar-refractivity contribution in [3.05, 3.63) is 0 Å². The quantitative estimate of drug-likeness (QED) is 0.850. The van der Waals surface area contributed by atoms with Gasteiger partial charge in [0.25, 0.3) is 0 Å². The van der Waals surface area contributed by atoms with E-state index in [0.717, 1.165) is 19.3 Å². The lowest BCUT2D eigenvalue weighted by Gasteiger charge is -2.33. The summed E-state index contributed by atoms with van der Waals surface area (Å²) in [4.78, 5) is 27.3. The highest BCUT2D eigenvalue weighted by molar-refractivity contribution is 5.80. The minimum Gasteiger partial charge on any atom is -0.480 e. The molecule has 1 N–H and O–H groups in total. The fourth-order valence-corrected chi connectivity index (χ4v) is 3.56. The van der Waals surface area contributed by atoms with Crippen LogP contribution in [0.3, 0.4) is 0 Å². The Bertz CT molecular complexity index is 366. The Labute approximate surface area is 120 Å². The van der Waals surface area contributed by atoms with Crippen LogP contribution in [0.2, 0.25) is 0 Å². The monoisotopic (exact) mass is 282 g/mol. The number of hydrogen-bond donors (Lipinski definition) is 1. The SMILES string of the molecule is CC1CCN(CC(=O)N(C)C2CCCCC2)C1C(=O)O. The molecule has 5 nitrogen and oxygen atoms in total. The molecule has 5 heteroatoms. The van der Waals surface area contributed by atoms with Crippen molar-refractivity contribution in [3.63, 3.8) is 0 Å². The second-order valence-electron chi connectivity index (χ2n) is 6.32. The van der Waals surface area contributed by atoms with Gasteiger partial charge in [0.1, 0.15) is 6.04 Å². The van der Waals surface area contributed by atoms with E-state index in [4.69, 9.17) is 0 Å². The largest absolute Gasteiger partial charge is 0.480 e. The lowest BCUT2D eigenvalue weighted by atomic mass is 9.94. The molecular weight excluding hydrogens is 256 g/mol. The summed E-state index contributed by atoms with van der Waals surface area (Å²) in [6, 6.07) is -0.154. The zero-order valence-electron chi connectivity index (χ0n) is 12.5. The second kappa shape index (κ2) is 6.57. The number of carbonyl (C=O) groups excluding carboxylic acids is 1. The highest BCUT2D eigenvalue weighted by atomic mass is 16.4. The van der Waals surface area contributed by atoms with Gasteiger partial charge in [-0.3, -0.25) is 14.5 Å². The molecule has 1 saturated carbocycles. The summed E-state index contributed by atoms with van der Waals surface area (Å²) in [5, 5.41) is 9.29. The Balaban J connectivity index is 1.91. The van der Waals surface area contributed by atoms with Crippen LogP contribution in [0.25, 0.3) is 0 Å². The smallest absolute Gasteiger partial charge is 0.321 e. The van der Waals surface area contributed by atoms with Gasteiger partial charge >= 0.3 is 5.97 Å². The second-order valence-corrected chi connectivity index (χ2v) is 6.32. The van der Waals surface area contributed by atoms with Crippen LogP contribution in [0.5, 0.6) is 0 Å². The van der Waals surface area contributed by atoms with Gasteiger partial charge in [-0.15, -0.1) is 0 Å². The van der Waals surface area contributed by atoms with Crippen LogP contribution in [-0.4, -0.2) is 59.0 Å². The maximum atomic E-state index is 12.4. The fraction of sp³-hybridized carbons (Fsp3) is 0.867. The van der Waals surface area contributed by atoms with Gasteiger partial charge in [-0.25, -0.2) is 0 Å². The third-order valence-electron chi connectivity index (χ3n) is 4.91. The van der Waals surface area contributed by atoms with Crippen LogP contribution in [0.1, 0.15) is 45.4 Å². The number of amides is 1. The third kappa shape index (κ3) is 3.32. The van der Waals surface area contributed by atoms with E-state index in [2.05, 4.69) is 0 Å². The van der Waals surface area contributed by atoms with Crippen molar-refractivity contribution in [1.82, 2.24) is 9.80 Å². The molecule has 1 aliphatic heterocycles. The van der Waals surface area contributed by atoms with Crippen molar-refractivity contribution in [2.75, 3.05) is 20.1 Å². The Kier molecular flexibility index (Phi) is 5.02. The van der Waals surface area contributed by atoms with Gasteiger partial charge in [0, 0.05) is 13.1 Å². The van der Waals surface area contributed by atoms with E-state index in [0.29, 0.717) is 12.6 Å². The molecule has 0 spiro atoms. The number of hydrogen-bond acceptors (Lipinski definition) is 3. The van der Waals surface area contributed by atoms with Crippen LogP contribution in [0.15, 0.2) is 0 Å². The average Bonchev–Trinajstić information content (AvgIpc) is 2.79. The maximum Gasteiger partial charge on any atom is 0.321 e. The van der Waals surface area contributed by atoms with E-state index in [9.17, 15) is 14.7 Å². The first-order valence-electron chi connectivity index (χ1n) is 7.73. The molecule has 0 bridgehead atoms. The van der Waals surface area contributed by atoms with Gasteiger partial charge in [0.15, 0.2) is 0 Å². The standard InChI is InChI=1S/C15H26N2O3/c1-11-8-9-17(14(11)15(19)20)10-13(18)16(2)12-6-4-3-5-7-12/h11-12,14H,3-10H2,1-2H3,(H,19,20). The number of aliphatic carboxylic acids is 1.